The lowest BCUT2D eigenvalue weighted by atomic mass is 10.1. The minimum atomic E-state index is -3.65. The molecule has 0 atom stereocenters. The Bertz CT molecular complexity index is 1040. The van der Waals surface area contributed by atoms with E-state index in [0.717, 1.165) is 11.1 Å². The van der Waals surface area contributed by atoms with E-state index < -0.39 is 10.0 Å². The van der Waals surface area contributed by atoms with Crippen LogP contribution in [0, 0.1) is 12.3 Å². The molecule has 0 aliphatic heterocycles. The van der Waals surface area contributed by atoms with Crippen molar-refractivity contribution in [2.24, 2.45) is 0 Å². The molecule has 30 heavy (non-hydrogen) atoms. The van der Waals surface area contributed by atoms with Crippen LogP contribution in [0.15, 0.2) is 60.0 Å². The Morgan fingerprint density at radius 3 is 2.53 bits per heavy atom. The van der Waals surface area contributed by atoms with Crippen molar-refractivity contribution in [3.05, 3.63) is 76.8 Å². The van der Waals surface area contributed by atoms with Crippen LogP contribution < -0.4 is 4.72 Å². The van der Waals surface area contributed by atoms with E-state index in [9.17, 15) is 18.3 Å². The van der Waals surface area contributed by atoms with E-state index in [2.05, 4.69) is 17.2 Å². The number of aliphatic hydroxyl groups excluding tert-OH is 1. The van der Waals surface area contributed by atoms with Crippen LogP contribution in [0.2, 0.25) is 5.02 Å². The summed E-state index contributed by atoms with van der Waals surface area (Å²) >= 11 is 6.06. The number of sulfonamides is 1. The molecule has 0 fully saturated rings. The summed E-state index contributed by atoms with van der Waals surface area (Å²) in [6, 6.07) is 11.5. The Balaban J connectivity index is 2.12. The van der Waals surface area contributed by atoms with Gasteiger partial charge in [-0.1, -0.05) is 42.3 Å². The quantitative estimate of drug-likeness (QED) is 0.433. The molecule has 0 heterocycles. The number of terminal acetylenes is 1. The molecule has 0 bridgehead atoms. The molecular weight excluding hydrogens is 424 g/mol. The van der Waals surface area contributed by atoms with Crippen LogP contribution in [0.25, 0.3) is 0 Å². The first kappa shape index (κ1) is 23.6. The van der Waals surface area contributed by atoms with Gasteiger partial charge in [-0.3, -0.25) is 4.79 Å². The van der Waals surface area contributed by atoms with Gasteiger partial charge >= 0.3 is 0 Å². The summed E-state index contributed by atoms with van der Waals surface area (Å²) in [6.07, 6.45) is 6.82. The maximum Gasteiger partial charge on any atom is 0.246 e. The molecule has 0 saturated carbocycles. The number of carbonyl (C=O) groups is 1. The van der Waals surface area contributed by atoms with Crippen LogP contribution in [0.4, 0.5) is 0 Å². The minimum absolute atomic E-state index is 0.0813. The van der Waals surface area contributed by atoms with E-state index in [-0.39, 0.29) is 30.5 Å². The zero-order chi connectivity index (χ0) is 22.1. The molecule has 0 unspecified atom stereocenters. The molecule has 0 spiro atoms. The van der Waals surface area contributed by atoms with Gasteiger partial charge < -0.3 is 10.0 Å². The molecule has 6 nitrogen and oxygen atoms in total. The molecule has 2 N–H and O–H groups in total. The standard InChI is InChI=1S/C22H23ClN2O4S/c1-3-12-24-30(28,29)21-9-5-17(6-10-21)11-13-25(22(27)4-2)15-19-14-20(23)8-7-18(19)16-26/h1,4-10,14,24,26H,2,11-13,15-16H2. The lowest BCUT2D eigenvalue weighted by Crippen LogP contribution is -2.31. The van der Waals surface area contributed by atoms with E-state index in [1.807, 2.05) is 0 Å². The zero-order valence-electron chi connectivity index (χ0n) is 16.3. The van der Waals surface area contributed by atoms with Gasteiger partial charge in [-0.05, 0) is 53.5 Å². The normalized spacial score (nSPS) is 11.0. The van der Waals surface area contributed by atoms with Crippen LogP contribution in [-0.4, -0.2) is 37.4 Å². The van der Waals surface area contributed by atoms with Crippen molar-refractivity contribution in [1.82, 2.24) is 9.62 Å². The Morgan fingerprint density at radius 2 is 1.93 bits per heavy atom. The highest BCUT2D eigenvalue weighted by Gasteiger charge is 2.15. The summed E-state index contributed by atoms with van der Waals surface area (Å²) in [5.74, 6) is 1.97. The Labute approximate surface area is 182 Å². The number of halogens is 1. The van der Waals surface area contributed by atoms with Crippen LogP contribution >= 0.6 is 11.6 Å². The van der Waals surface area contributed by atoms with Gasteiger partial charge in [0.2, 0.25) is 15.9 Å². The molecule has 8 heteroatoms. The number of aliphatic hydroxyl groups is 1. The highest BCUT2D eigenvalue weighted by Crippen LogP contribution is 2.19. The smallest absolute Gasteiger partial charge is 0.246 e. The Kier molecular flexibility index (Phi) is 8.63. The third kappa shape index (κ3) is 6.44. The number of hydrogen-bond acceptors (Lipinski definition) is 4. The van der Waals surface area contributed by atoms with Gasteiger partial charge in [0.25, 0.3) is 0 Å². The van der Waals surface area contributed by atoms with Crippen molar-refractivity contribution < 1.29 is 18.3 Å². The Morgan fingerprint density at radius 1 is 1.23 bits per heavy atom. The first-order valence-corrected chi connectivity index (χ1v) is 11.0. The maximum absolute atomic E-state index is 12.3. The predicted molar refractivity (Wildman–Crippen MR) is 117 cm³/mol. The number of benzene rings is 2. The summed E-state index contributed by atoms with van der Waals surface area (Å²) in [7, 11) is -3.65. The number of nitrogens with zero attached hydrogens (tertiary/aromatic N) is 1. The van der Waals surface area contributed by atoms with Crippen molar-refractivity contribution in [3.63, 3.8) is 0 Å². The van der Waals surface area contributed by atoms with E-state index in [4.69, 9.17) is 18.0 Å². The first-order valence-electron chi connectivity index (χ1n) is 9.12. The van der Waals surface area contributed by atoms with Gasteiger partial charge in [-0.25, -0.2) is 8.42 Å². The van der Waals surface area contributed by atoms with E-state index >= 15 is 0 Å². The minimum Gasteiger partial charge on any atom is -0.392 e. The van der Waals surface area contributed by atoms with E-state index in [1.54, 1.807) is 35.2 Å². The van der Waals surface area contributed by atoms with Crippen molar-refractivity contribution in [3.8, 4) is 12.3 Å². The molecule has 0 radical (unpaired) electrons. The number of amides is 1. The lowest BCUT2D eigenvalue weighted by Gasteiger charge is -2.23. The van der Waals surface area contributed by atoms with Crippen LogP contribution in [0.1, 0.15) is 16.7 Å². The van der Waals surface area contributed by atoms with E-state index in [0.29, 0.717) is 23.6 Å². The highest BCUT2D eigenvalue weighted by molar-refractivity contribution is 7.89. The third-order valence-corrected chi connectivity index (χ3v) is 6.11. The summed E-state index contributed by atoms with van der Waals surface area (Å²) in [4.78, 5) is 14.0. The third-order valence-electron chi connectivity index (χ3n) is 4.45. The molecular formula is C22H23ClN2O4S. The van der Waals surface area contributed by atoms with Gasteiger partial charge in [-0.15, -0.1) is 6.42 Å². The molecule has 2 aromatic rings. The second kappa shape index (κ2) is 11.0. The lowest BCUT2D eigenvalue weighted by molar-refractivity contribution is -0.126. The molecule has 1 amide bonds. The topological polar surface area (TPSA) is 86.7 Å². The average molecular weight is 447 g/mol. The summed E-state index contributed by atoms with van der Waals surface area (Å²) in [6.45, 7) is 3.95. The monoisotopic (exact) mass is 446 g/mol. The van der Waals surface area contributed by atoms with Crippen LogP contribution in [0.3, 0.4) is 0 Å². The largest absolute Gasteiger partial charge is 0.392 e. The van der Waals surface area contributed by atoms with Crippen molar-refractivity contribution in [1.29, 1.82) is 0 Å². The van der Waals surface area contributed by atoms with Crippen molar-refractivity contribution in [2.75, 3.05) is 13.1 Å². The molecule has 0 saturated heterocycles. The van der Waals surface area contributed by atoms with Gasteiger partial charge in [0.05, 0.1) is 18.0 Å². The summed E-state index contributed by atoms with van der Waals surface area (Å²) < 4.78 is 26.5. The second-order valence-electron chi connectivity index (χ2n) is 6.46. The SMILES string of the molecule is C#CCNS(=O)(=O)c1ccc(CCN(Cc2cc(Cl)ccc2CO)C(=O)C=C)cc1. The molecule has 2 rings (SSSR count). The van der Waals surface area contributed by atoms with Crippen molar-refractivity contribution >= 4 is 27.5 Å². The van der Waals surface area contributed by atoms with Crippen molar-refractivity contribution in [2.45, 2.75) is 24.5 Å². The second-order valence-corrected chi connectivity index (χ2v) is 8.66. The molecule has 2 aromatic carbocycles. The number of nitrogens with one attached hydrogen (secondary N) is 1. The number of hydrogen-bond donors (Lipinski definition) is 2. The number of rotatable bonds is 10. The van der Waals surface area contributed by atoms with Gasteiger partial charge in [0, 0.05) is 18.1 Å². The average Bonchev–Trinajstić information content (AvgIpc) is 2.75. The molecule has 158 valence electrons. The first-order chi connectivity index (χ1) is 14.3. The molecule has 0 aromatic heterocycles. The maximum atomic E-state index is 12.3. The van der Waals surface area contributed by atoms with E-state index in [1.165, 1.54) is 18.2 Å². The summed E-state index contributed by atoms with van der Waals surface area (Å²) in [5.41, 5.74) is 2.30. The van der Waals surface area contributed by atoms with Gasteiger partial charge in [0.1, 0.15) is 0 Å². The van der Waals surface area contributed by atoms with Gasteiger partial charge in [0.15, 0.2) is 0 Å². The number of carbonyl (C=O) groups excluding carboxylic acids is 1. The Hall–Kier alpha value is -2.63. The molecule has 0 aliphatic rings. The predicted octanol–water partition coefficient (Wildman–Crippen LogP) is 2.50. The summed E-state index contributed by atoms with van der Waals surface area (Å²) in [5, 5.41) is 10.1. The fourth-order valence-corrected chi connectivity index (χ4v) is 3.95. The molecule has 0 aliphatic carbocycles. The van der Waals surface area contributed by atoms with Crippen LogP contribution in [-0.2, 0) is 34.4 Å². The van der Waals surface area contributed by atoms with Crippen LogP contribution in [0.5, 0.6) is 0 Å². The van der Waals surface area contributed by atoms with Gasteiger partial charge in [-0.2, -0.15) is 4.72 Å². The fraction of sp³-hybridized carbons (Fsp3) is 0.227. The zero-order valence-corrected chi connectivity index (χ0v) is 17.9. The fourth-order valence-electron chi connectivity index (χ4n) is 2.82. The highest BCUT2D eigenvalue weighted by atomic mass is 35.5.